The van der Waals surface area contributed by atoms with Crippen LogP contribution in [0.5, 0.6) is 0 Å². The molecule has 0 aliphatic heterocycles. The molecule has 0 amide bonds. The van der Waals surface area contributed by atoms with E-state index in [1.54, 1.807) is 0 Å². The number of hydrogen-bond donors (Lipinski definition) is 1. The molecule has 2 heteroatoms. The average Bonchev–Trinajstić information content (AvgIpc) is 3.04. The van der Waals surface area contributed by atoms with Crippen LogP contribution < -0.4 is 5.73 Å². The molecular weight excluding hydrogens is 208 g/mol. The summed E-state index contributed by atoms with van der Waals surface area (Å²) in [6, 6.07) is 0.885. The zero-order valence-electron chi connectivity index (χ0n) is 12.3. The standard InChI is InChI=1S/C15H32N2/c1-5-6-9-17(14-7-8-14)12-13(11-16)10-15(2,3)4/h13-14H,5-12,16H2,1-4H3. The predicted molar refractivity (Wildman–Crippen MR) is 76.1 cm³/mol. The van der Waals surface area contributed by atoms with Crippen molar-refractivity contribution in [1.82, 2.24) is 4.90 Å². The van der Waals surface area contributed by atoms with Gasteiger partial charge in [0.25, 0.3) is 0 Å². The molecule has 1 fully saturated rings. The summed E-state index contributed by atoms with van der Waals surface area (Å²) >= 11 is 0. The van der Waals surface area contributed by atoms with Crippen molar-refractivity contribution in [3.05, 3.63) is 0 Å². The maximum Gasteiger partial charge on any atom is 0.00965 e. The average molecular weight is 240 g/mol. The van der Waals surface area contributed by atoms with E-state index in [1.165, 1.54) is 45.2 Å². The molecule has 102 valence electrons. The molecule has 0 saturated heterocycles. The minimum atomic E-state index is 0.407. The van der Waals surface area contributed by atoms with Gasteiger partial charge in [-0.15, -0.1) is 0 Å². The molecule has 0 aromatic rings. The SMILES string of the molecule is CCCCN(CC(CN)CC(C)(C)C)C1CC1. The Labute approximate surface area is 108 Å². The van der Waals surface area contributed by atoms with Crippen molar-refractivity contribution >= 4 is 0 Å². The lowest BCUT2D eigenvalue weighted by Crippen LogP contribution is -2.37. The van der Waals surface area contributed by atoms with Crippen LogP contribution in [0.1, 0.15) is 59.8 Å². The van der Waals surface area contributed by atoms with Crippen molar-refractivity contribution in [3.8, 4) is 0 Å². The van der Waals surface area contributed by atoms with Gasteiger partial charge >= 0.3 is 0 Å². The Morgan fingerprint density at radius 2 is 1.94 bits per heavy atom. The Kier molecular flexibility index (Phi) is 5.94. The third kappa shape index (κ3) is 6.42. The summed E-state index contributed by atoms with van der Waals surface area (Å²) < 4.78 is 0. The Morgan fingerprint density at radius 1 is 1.29 bits per heavy atom. The predicted octanol–water partition coefficient (Wildman–Crippen LogP) is 3.26. The van der Waals surface area contributed by atoms with Crippen LogP contribution in [0.4, 0.5) is 0 Å². The van der Waals surface area contributed by atoms with Gasteiger partial charge in [0.1, 0.15) is 0 Å². The third-order valence-electron chi connectivity index (χ3n) is 3.59. The fourth-order valence-electron chi connectivity index (χ4n) is 2.64. The first-order valence-electron chi connectivity index (χ1n) is 7.40. The number of unbranched alkanes of at least 4 members (excludes halogenated alkanes) is 1. The second-order valence-corrected chi connectivity index (χ2v) is 6.95. The molecule has 0 radical (unpaired) electrons. The minimum absolute atomic E-state index is 0.407. The summed E-state index contributed by atoms with van der Waals surface area (Å²) in [6.07, 6.45) is 6.71. The van der Waals surface area contributed by atoms with Gasteiger partial charge in [-0.1, -0.05) is 34.1 Å². The van der Waals surface area contributed by atoms with Crippen LogP contribution in [0.3, 0.4) is 0 Å². The van der Waals surface area contributed by atoms with Crippen molar-refractivity contribution in [2.24, 2.45) is 17.1 Å². The van der Waals surface area contributed by atoms with Gasteiger partial charge in [0.05, 0.1) is 0 Å². The molecule has 0 spiro atoms. The normalized spacial score (nSPS) is 18.7. The Hall–Kier alpha value is -0.0800. The van der Waals surface area contributed by atoms with E-state index < -0.39 is 0 Å². The van der Waals surface area contributed by atoms with Crippen LogP contribution in [0.15, 0.2) is 0 Å². The minimum Gasteiger partial charge on any atom is -0.330 e. The fraction of sp³-hybridized carbons (Fsp3) is 1.00. The van der Waals surface area contributed by atoms with Gasteiger partial charge in [-0.3, -0.25) is 0 Å². The highest BCUT2D eigenvalue weighted by Crippen LogP contribution is 2.30. The molecule has 0 aromatic carbocycles. The summed E-state index contributed by atoms with van der Waals surface area (Å²) in [7, 11) is 0. The first kappa shape index (κ1) is 15.0. The molecule has 1 atom stereocenters. The molecule has 2 N–H and O–H groups in total. The Morgan fingerprint density at radius 3 is 2.35 bits per heavy atom. The van der Waals surface area contributed by atoms with Crippen molar-refractivity contribution in [1.29, 1.82) is 0 Å². The van der Waals surface area contributed by atoms with Crippen molar-refractivity contribution in [2.45, 2.75) is 65.8 Å². The van der Waals surface area contributed by atoms with Crippen LogP contribution in [0.2, 0.25) is 0 Å². The van der Waals surface area contributed by atoms with Crippen LogP contribution in [-0.2, 0) is 0 Å². The second-order valence-electron chi connectivity index (χ2n) is 6.95. The van der Waals surface area contributed by atoms with Gasteiger partial charge < -0.3 is 10.6 Å². The number of rotatable bonds is 8. The van der Waals surface area contributed by atoms with Gasteiger partial charge in [0, 0.05) is 12.6 Å². The molecule has 1 rings (SSSR count). The van der Waals surface area contributed by atoms with Crippen molar-refractivity contribution in [3.63, 3.8) is 0 Å². The molecule has 0 heterocycles. The molecule has 1 saturated carbocycles. The summed E-state index contributed by atoms with van der Waals surface area (Å²) in [6.45, 7) is 12.6. The topological polar surface area (TPSA) is 29.3 Å². The lowest BCUT2D eigenvalue weighted by Gasteiger charge is -2.31. The van der Waals surface area contributed by atoms with Crippen LogP contribution >= 0.6 is 0 Å². The van der Waals surface area contributed by atoms with Gasteiger partial charge in [0.15, 0.2) is 0 Å². The Bertz CT molecular complexity index is 203. The van der Waals surface area contributed by atoms with Crippen molar-refractivity contribution in [2.75, 3.05) is 19.6 Å². The quantitative estimate of drug-likeness (QED) is 0.705. The largest absolute Gasteiger partial charge is 0.330 e. The maximum absolute atomic E-state index is 5.95. The molecule has 1 aliphatic rings. The molecule has 17 heavy (non-hydrogen) atoms. The number of nitrogens with two attached hydrogens (primary N) is 1. The van der Waals surface area contributed by atoms with E-state index in [-0.39, 0.29) is 0 Å². The molecule has 2 nitrogen and oxygen atoms in total. The fourth-order valence-corrected chi connectivity index (χ4v) is 2.64. The van der Waals surface area contributed by atoms with E-state index in [0.29, 0.717) is 11.3 Å². The zero-order chi connectivity index (χ0) is 12.9. The van der Waals surface area contributed by atoms with Gasteiger partial charge in [0.2, 0.25) is 0 Å². The summed E-state index contributed by atoms with van der Waals surface area (Å²) in [5.41, 5.74) is 6.36. The molecular formula is C15H32N2. The number of nitrogens with zero attached hydrogens (tertiary/aromatic N) is 1. The zero-order valence-corrected chi connectivity index (χ0v) is 12.3. The van der Waals surface area contributed by atoms with Crippen LogP contribution in [0.25, 0.3) is 0 Å². The van der Waals surface area contributed by atoms with E-state index in [9.17, 15) is 0 Å². The van der Waals surface area contributed by atoms with E-state index in [4.69, 9.17) is 5.73 Å². The van der Waals surface area contributed by atoms with Gasteiger partial charge in [-0.2, -0.15) is 0 Å². The molecule has 0 bridgehead atoms. The van der Waals surface area contributed by atoms with E-state index in [0.717, 1.165) is 12.6 Å². The molecule has 0 aromatic heterocycles. The Balaban J connectivity index is 2.39. The second kappa shape index (κ2) is 6.75. The lowest BCUT2D eigenvalue weighted by molar-refractivity contribution is 0.185. The van der Waals surface area contributed by atoms with Crippen molar-refractivity contribution < 1.29 is 0 Å². The monoisotopic (exact) mass is 240 g/mol. The van der Waals surface area contributed by atoms with Gasteiger partial charge in [-0.25, -0.2) is 0 Å². The molecule has 1 unspecified atom stereocenters. The van der Waals surface area contributed by atoms with E-state index >= 15 is 0 Å². The summed E-state index contributed by atoms with van der Waals surface area (Å²) in [5, 5.41) is 0. The summed E-state index contributed by atoms with van der Waals surface area (Å²) in [4.78, 5) is 2.70. The smallest absolute Gasteiger partial charge is 0.00965 e. The third-order valence-corrected chi connectivity index (χ3v) is 3.59. The van der Waals surface area contributed by atoms with Gasteiger partial charge in [-0.05, 0) is 50.1 Å². The highest BCUT2D eigenvalue weighted by molar-refractivity contribution is 4.86. The van der Waals surface area contributed by atoms with Crippen LogP contribution in [-0.4, -0.2) is 30.6 Å². The highest BCUT2D eigenvalue weighted by atomic mass is 15.2. The van der Waals surface area contributed by atoms with E-state index in [1.807, 2.05) is 0 Å². The lowest BCUT2D eigenvalue weighted by atomic mass is 9.84. The summed E-state index contributed by atoms with van der Waals surface area (Å²) in [5.74, 6) is 0.674. The first-order chi connectivity index (χ1) is 7.96. The molecule has 1 aliphatic carbocycles. The first-order valence-corrected chi connectivity index (χ1v) is 7.40. The van der Waals surface area contributed by atoms with E-state index in [2.05, 4.69) is 32.6 Å². The number of hydrogen-bond acceptors (Lipinski definition) is 2. The highest BCUT2D eigenvalue weighted by Gasteiger charge is 2.30. The van der Waals surface area contributed by atoms with Crippen LogP contribution in [0, 0.1) is 11.3 Å². The maximum atomic E-state index is 5.95.